The van der Waals surface area contributed by atoms with Crippen LogP contribution in [0.3, 0.4) is 0 Å². The third kappa shape index (κ3) is 6.04. The van der Waals surface area contributed by atoms with Crippen molar-refractivity contribution >= 4 is 21.5 Å². The van der Waals surface area contributed by atoms with Crippen LogP contribution >= 0.6 is 0 Å². The van der Waals surface area contributed by atoms with E-state index in [0.717, 1.165) is 33.5 Å². The van der Waals surface area contributed by atoms with Gasteiger partial charge in [0.25, 0.3) is 0 Å². The van der Waals surface area contributed by atoms with E-state index in [-0.39, 0.29) is 5.41 Å². The summed E-state index contributed by atoms with van der Waals surface area (Å²) in [6.07, 6.45) is 0. The summed E-state index contributed by atoms with van der Waals surface area (Å²) in [7, 11) is 0. The van der Waals surface area contributed by atoms with Crippen LogP contribution in [0.15, 0.2) is 206 Å². The zero-order valence-corrected chi connectivity index (χ0v) is 33.0. The van der Waals surface area contributed by atoms with Crippen LogP contribution in [0.1, 0.15) is 25.0 Å². The summed E-state index contributed by atoms with van der Waals surface area (Å²) in [5.41, 5.74) is 17.6. The Kier molecular flexibility index (Phi) is 8.20. The van der Waals surface area contributed by atoms with Crippen molar-refractivity contribution in [2.24, 2.45) is 0 Å². The first-order valence-corrected chi connectivity index (χ1v) is 20.4. The van der Waals surface area contributed by atoms with E-state index < -0.39 is 0 Å². The molecule has 1 aliphatic rings. The first-order valence-electron chi connectivity index (χ1n) is 20.4. The van der Waals surface area contributed by atoms with E-state index in [1.807, 2.05) is 18.2 Å². The summed E-state index contributed by atoms with van der Waals surface area (Å²) < 4.78 is 0. The predicted octanol–water partition coefficient (Wildman–Crippen LogP) is 15.1. The van der Waals surface area contributed by atoms with Crippen LogP contribution in [0.5, 0.6) is 0 Å². The molecule has 0 amide bonds. The van der Waals surface area contributed by atoms with E-state index in [2.05, 4.69) is 202 Å². The second-order valence-electron chi connectivity index (χ2n) is 16.2. The molecule has 1 aliphatic carbocycles. The Labute approximate surface area is 345 Å². The van der Waals surface area contributed by atoms with Gasteiger partial charge in [0.2, 0.25) is 0 Å². The third-order valence-electron chi connectivity index (χ3n) is 12.3. The Morgan fingerprint density at radius 1 is 0.305 bits per heavy atom. The second-order valence-corrected chi connectivity index (χ2v) is 16.2. The topological polar surface area (TPSA) is 25.8 Å². The highest BCUT2D eigenvalue weighted by Gasteiger charge is 2.35. The van der Waals surface area contributed by atoms with Crippen molar-refractivity contribution in [1.82, 2.24) is 9.97 Å². The molecular weight excluding hydrogens is 713 g/mol. The van der Waals surface area contributed by atoms with Gasteiger partial charge in [-0.2, -0.15) is 0 Å². The summed E-state index contributed by atoms with van der Waals surface area (Å²) in [5.74, 6) is 0.707. The van der Waals surface area contributed by atoms with Crippen molar-refractivity contribution in [3.8, 4) is 78.4 Å². The Balaban J connectivity index is 0.960. The quantitative estimate of drug-likeness (QED) is 0.169. The van der Waals surface area contributed by atoms with Crippen molar-refractivity contribution in [3.63, 3.8) is 0 Å². The fraction of sp³-hybridized carbons (Fsp3) is 0.0526. The molecule has 0 atom stereocenters. The lowest BCUT2D eigenvalue weighted by molar-refractivity contribution is 0.660. The Morgan fingerprint density at radius 2 is 0.847 bits per heavy atom. The van der Waals surface area contributed by atoms with E-state index in [4.69, 9.17) is 9.97 Å². The minimum Gasteiger partial charge on any atom is -0.228 e. The highest BCUT2D eigenvalue weighted by atomic mass is 14.9. The van der Waals surface area contributed by atoms with Gasteiger partial charge in [-0.15, -0.1) is 0 Å². The maximum atomic E-state index is 5.23. The van der Waals surface area contributed by atoms with Crippen molar-refractivity contribution in [2.75, 3.05) is 0 Å². The van der Waals surface area contributed by atoms with E-state index in [0.29, 0.717) is 5.82 Å². The number of hydrogen-bond donors (Lipinski definition) is 0. The SMILES string of the molecule is CC1(C)c2ccccc2-c2cc(-c3ccc(-c4ccc(-c5cc(-c6ccc(-c7ccc8ccccc8c7)cc6)nc(-c6ccccc6)n5)c5ccccc45)cc3)ccc21. The van der Waals surface area contributed by atoms with E-state index >= 15 is 0 Å². The minimum absolute atomic E-state index is 0.00248. The van der Waals surface area contributed by atoms with Crippen LogP contribution in [0, 0.1) is 0 Å². The zero-order valence-electron chi connectivity index (χ0n) is 33.0. The molecule has 0 radical (unpaired) electrons. The maximum Gasteiger partial charge on any atom is 0.160 e. The molecule has 0 N–H and O–H groups in total. The highest BCUT2D eigenvalue weighted by molar-refractivity contribution is 6.05. The van der Waals surface area contributed by atoms with Crippen LogP contribution in [-0.4, -0.2) is 9.97 Å². The summed E-state index contributed by atoms with van der Waals surface area (Å²) in [6, 6.07) is 74.4. The van der Waals surface area contributed by atoms with Gasteiger partial charge < -0.3 is 0 Å². The van der Waals surface area contributed by atoms with Crippen LogP contribution in [0.4, 0.5) is 0 Å². The van der Waals surface area contributed by atoms with Gasteiger partial charge in [0.1, 0.15) is 0 Å². The molecular formula is C57H40N2. The summed E-state index contributed by atoms with van der Waals surface area (Å²) in [4.78, 5) is 10.4. The standard InChI is InChI=1S/C57H40N2/c1-57(2)52-19-11-10-18-49(52)51-35-45(30-33-53(51)57)39-20-25-40(26-21-39)46-31-32-50(48-17-9-8-16-47(46)48)55-36-54(58-56(59-55)42-13-4-3-5-14-42)41-27-22-38(23-28-41)44-29-24-37-12-6-7-15-43(37)34-44/h3-36H,1-2H3. The van der Waals surface area contributed by atoms with Crippen LogP contribution < -0.4 is 0 Å². The highest BCUT2D eigenvalue weighted by Crippen LogP contribution is 2.49. The summed E-state index contributed by atoms with van der Waals surface area (Å²) in [6.45, 7) is 4.67. The molecule has 11 rings (SSSR count). The van der Waals surface area contributed by atoms with Crippen LogP contribution in [0.2, 0.25) is 0 Å². The number of hydrogen-bond acceptors (Lipinski definition) is 2. The van der Waals surface area contributed by atoms with Gasteiger partial charge >= 0.3 is 0 Å². The molecule has 0 aliphatic heterocycles. The van der Waals surface area contributed by atoms with Crippen LogP contribution in [-0.2, 0) is 5.41 Å². The van der Waals surface area contributed by atoms with Gasteiger partial charge in [0.15, 0.2) is 5.82 Å². The lowest BCUT2D eigenvalue weighted by atomic mass is 9.82. The average molecular weight is 753 g/mol. The molecule has 2 heteroatoms. The van der Waals surface area contributed by atoms with Gasteiger partial charge in [0, 0.05) is 22.1 Å². The fourth-order valence-electron chi connectivity index (χ4n) is 9.17. The largest absolute Gasteiger partial charge is 0.228 e. The first kappa shape index (κ1) is 34.8. The molecule has 0 fully saturated rings. The molecule has 2 nitrogen and oxygen atoms in total. The van der Waals surface area contributed by atoms with Gasteiger partial charge in [-0.3, -0.25) is 0 Å². The molecule has 59 heavy (non-hydrogen) atoms. The number of benzene rings is 9. The average Bonchev–Trinajstić information content (AvgIpc) is 3.54. The van der Waals surface area contributed by atoms with Gasteiger partial charge in [0.05, 0.1) is 11.4 Å². The molecule has 0 unspecified atom stereocenters. The fourth-order valence-corrected chi connectivity index (χ4v) is 9.17. The normalized spacial score (nSPS) is 12.7. The van der Waals surface area contributed by atoms with E-state index in [9.17, 15) is 0 Å². The van der Waals surface area contributed by atoms with Gasteiger partial charge in [-0.1, -0.05) is 202 Å². The van der Waals surface area contributed by atoms with E-state index in [1.54, 1.807) is 0 Å². The summed E-state index contributed by atoms with van der Waals surface area (Å²) >= 11 is 0. The van der Waals surface area contributed by atoms with E-state index in [1.165, 1.54) is 71.8 Å². The number of rotatable bonds is 6. The Hall–Kier alpha value is -7.42. The number of fused-ring (bicyclic) bond motifs is 5. The lowest BCUT2D eigenvalue weighted by Gasteiger charge is -2.21. The second kappa shape index (κ2) is 13.9. The molecule has 0 saturated carbocycles. The lowest BCUT2D eigenvalue weighted by Crippen LogP contribution is -2.14. The first-order chi connectivity index (χ1) is 29.0. The van der Waals surface area contributed by atoms with Gasteiger partial charge in [-0.25, -0.2) is 9.97 Å². The van der Waals surface area contributed by atoms with Crippen molar-refractivity contribution in [3.05, 3.63) is 217 Å². The Bertz CT molecular complexity index is 3210. The van der Waals surface area contributed by atoms with Gasteiger partial charge in [-0.05, 0) is 95.4 Å². The monoisotopic (exact) mass is 752 g/mol. The maximum absolute atomic E-state index is 5.23. The minimum atomic E-state index is 0.00248. The molecule has 9 aromatic carbocycles. The van der Waals surface area contributed by atoms with Crippen molar-refractivity contribution in [2.45, 2.75) is 19.3 Å². The third-order valence-corrected chi connectivity index (χ3v) is 12.3. The molecule has 278 valence electrons. The number of aromatic nitrogens is 2. The Morgan fingerprint density at radius 3 is 1.63 bits per heavy atom. The zero-order chi connectivity index (χ0) is 39.5. The van der Waals surface area contributed by atoms with Crippen molar-refractivity contribution < 1.29 is 0 Å². The molecule has 0 saturated heterocycles. The summed E-state index contributed by atoms with van der Waals surface area (Å²) in [5, 5.41) is 4.83. The number of nitrogens with zero attached hydrogens (tertiary/aromatic N) is 2. The molecule has 10 aromatic rings. The predicted molar refractivity (Wildman–Crippen MR) is 247 cm³/mol. The molecule has 0 spiro atoms. The molecule has 0 bridgehead atoms. The van der Waals surface area contributed by atoms with Crippen molar-refractivity contribution in [1.29, 1.82) is 0 Å². The molecule has 1 aromatic heterocycles. The van der Waals surface area contributed by atoms with Crippen LogP contribution in [0.25, 0.3) is 100.0 Å². The smallest absolute Gasteiger partial charge is 0.160 e. The molecule has 1 heterocycles.